The average molecular weight is 321 g/mol. The Bertz CT molecular complexity index is 650. The molecule has 1 aliphatic carbocycles. The summed E-state index contributed by atoms with van der Waals surface area (Å²) in [6.45, 7) is 2.83. The van der Waals surface area contributed by atoms with Gasteiger partial charge in [-0.2, -0.15) is 0 Å². The van der Waals surface area contributed by atoms with Crippen LogP contribution in [0.5, 0.6) is 0 Å². The molecule has 1 saturated carbocycles. The highest BCUT2D eigenvalue weighted by Crippen LogP contribution is 2.30. The highest BCUT2D eigenvalue weighted by Gasteiger charge is 2.36. The third-order valence-corrected chi connectivity index (χ3v) is 5.49. The van der Waals surface area contributed by atoms with Crippen molar-refractivity contribution in [3.63, 3.8) is 0 Å². The van der Waals surface area contributed by atoms with Crippen LogP contribution in [0.25, 0.3) is 0 Å². The van der Waals surface area contributed by atoms with Gasteiger partial charge in [-0.1, -0.05) is 11.8 Å². The fourth-order valence-electron chi connectivity index (χ4n) is 3.11. The number of amides is 1. The topological polar surface area (TPSA) is 64.4 Å². The number of hydrogen-bond donors (Lipinski definition) is 0. The van der Waals surface area contributed by atoms with Gasteiger partial charge >= 0.3 is 0 Å². The summed E-state index contributed by atoms with van der Waals surface area (Å²) in [6, 6.07) is 0.292. The smallest absolute Gasteiger partial charge is 0.267 e. The zero-order chi connectivity index (χ0) is 15.1. The van der Waals surface area contributed by atoms with Crippen LogP contribution in [-0.4, -0.2) is 51.9 Å². The van der Waals surface area contributed by atoms with Gasteiger partial charge in [0.15, 0.2) is 5.16 Å². The van der Waals surface area contributed by atoms with Gasteiger partial charge in [0.25, 0.3) is 11.5 Å². The van der Waals surface area contributed by atoms with Gasteiger partial charge in [-0.05, 0) is 19.3 Å². The van der Waals surface area contributed by atoms with Crippen LogP contribution in [0, 0.1) is 5.92 Å². The highest BCUT2D eigenvalue weighted by molar-refractivity contribution is 7.99. The van der Waals surface area contributed by atoms with Crippen molar-refractivity contribution in [2.24, 2.45) is 5.92 Å². The first-order chi connectivity index (χ1) is 10.7. The van der Waals surface area contributed by atoms with Crippen molar-refractivity contribution >= 4 is 17.7 Å². The molecule has 6 nitrogen and oxygen atoms in total. The van der Waals surface area contributed by atoms with Gasteiger partial charge in [-0.15, -0.1) is 0 Å². The van der Waals surface area contributed by atoms with E-state index < -0.39 is 0 Å². The maximum absolute atomic E-state index is 12.9. The molecule has 1 saturated heterocycles. The van der Waals surface area contributed by atoms with Gasteiger partial charge in [0.05, 0.1) is 6.61 Å². The van der Waals surface area contributed by atoms with E-state index in [0.29, 0.717) is 31.7 Å². The summed E-state index contributed by atoms with van der Waals surface area (Å²) in [5.41, 5.74) is 0.0328. The lowest BCUT2D eigenvalue weighted by Gasteiger charge is -2.25. The van der Waals surface area contributed by atoms with Crippen LogP contribution in [0.1, 0.15) is 29.6 Å². The fourth-order valence-corrected chi connectivity index (χ4v) is 4.02. The summed E-state index contributed by atoms with van der Waals surface area (Å²) < 4.78 is 7.04. The minimum absolute atomic E-state index is 0.154. The van der Waals surface area contributed by atoms with Gasteiger partial charge in [0.1, 0.15) is 5.56 Å². The lowest BCUT2D eigenvalue weighted by atomic mass is 10.1. The molecule has 0 N–H and O–H groups in total. The number of nitrogens with zero attached hydrogens (tertiary/aromatic N) is 3. The van der Waals surface area contributed by atoms with Crippen LogP contribution in [0.2, 0.25) is 0 Å². The number of ether oxygens (including phenoxy) is 1. The summed E-state index contributed by atoms with van der Waals surface area (Å²) in [6.07, 6.45) is 4.54. The molecule has 7 heteroatoms. The van der Waals surface area contributed by atoms with Gasteiger partial charge in [-0.25, -0.2) is 4.98 Å². The van der Waals surface area contributed by atoms with E-state index in [1.165, 1.54) is 6.20 Å². The van der Waals surface area contributed by atoms with E-state index in [9.17, 15) is 9.59 Å². The highest BCUT2D eigenvalue weighted by atomic mass is 32.2. The Morgan fingerprint density at radius 3 is 3.05 bits per heavy atom. The molecular weight excluding hydrogens is 302 g/mol. The van der Waals surface area contributed by atoms with Crippen LogP contribution in [-0.2, 0) is 11.3 Å². The second-order valence-electron chi connectivity index (χ2n) is 6.18. The number of fused-ring (bicyclic) bond motifs is 1. The summed E-state index contributed by atoms with van der Waals surface area (Å²) in [7, 11) is 0. The first-order valence-electron chi connectivity index (χ1n) is 7.85. The van der Waals surface area contributed by atoms with Crippen LogP contribution in [0.15, 0.2) is 16.1 Å². The number of carbonyl (C=O) groups excluding carboxylic acids is 1. The molecule has 1 amide bonds. The van der Waals surface area contributed by atoms with Crippen molar-refractivity contribution in [3.8, 4) is 0 Å². The van der Waals surface area contributed by atoms with Crippen molar-refractivity contribution in [1.82, 2.24) is 14.5 Å². The summed E-state index contributed by atoms with van der Waals surface area (Å²) in [5, 5.41) is 0.726. The molecule has 4 rings (SSSR count). The second-order valence-corrected chi connectivity index (χ2v) is 7.24. The van der Waals surface area contributed by atoms with E-state index in [0.717, 1.165) is 36.8 Å². The van der Waals surface area contributed by atoms with Gasteiger partial charge < -0.3 is 9.64 Å². The quantitative estimate of drug-likeness (QED) is 0.774. The molecule has 22 heavy (non-hydrogen) atoms. The Hall–Kier alpha value is -1.34. The van der Waals surface area contributed by atoms with E-state index in [1.54, 1.807) is 16.3 Å². The molecular formula is C15H19N3O3S. The third kappa shape index (κ3) is 2.56. The predicted molar refractivity (Wildman–Crippen MR) is 82.2 cm³/mol. The summed E-state index contributed by atoms with van der Waals surface area (Å²) in [4.78, 5) is 31.6. The zero-order valence-electron chi connectivity index (χ0n) is 12.4. The third-order valence-electron chi connectivity index (χ3n) is 4.51. The molecule has 0 unspecified atom stereocenters. The summed E-state index contributed by atoms with van der Waals surface area (Å²) >= 11 is 1.57. The Balaban J connectivity index is 1.60. The maximum atomic E-state index is 12.9. The molecule has 2 fully saturated rings. The minimum atomic E-state index is -0.187. The molecule has 1 aromatic rings. The molecule has 1 atom stereocenters. The zero-order valence-corrected chi connectivity index (χ0v) is 13.2. The van der Waals surface area contributed by atoms with Crippen LogP contribution >= 0.6 is 11.8 Å². The predicted octanol–water partition coefficient (Wildman–Crippen LogP) is 0.990. The van der Waals surface area contributed by atoms with Crippen molar-refractivity contribution in [1.29, 1.82) is 0 Å². The molecule has 118 valence electrons. The van der Waals surface area contributed by atoms with E-state index >= 15 is 0 Å². The molecule has 1 aromatic heterocycles. The standard InChI is InChI=1S/C15H19N3O3S/c19-13-12(7-16-15-17(13)4-6-22-15)14(20)18(11-1-2-11)8-10-3-5-21-9-10/h7,10-11H,1-6,8-9H2/t10-/m1/s1. The normalized spacial score (nSPS) is 23.5. The van der Waals surface area contributed by atoms with E-state index in [2.05, 4.69) is 4.98 Å². The van der Waals surface area contributed by atoms with Crippen molar-refractivity contribution in [2.75, 3.05) is 25.5 Å². The first kappa shape index (κ1) is 14.3. The largest absolute Gasteiger partial charge is 0.381 e. The molecule has 2 aliphatic heterocycles. The Labute approximate surface area is 132 Å². The number of hydrogen-bond acceptors (Lipinski definition) is 5. The van der Waals surface area contributed by atoms with Crippen LogP contribution < -0.4 is 5.56 Å². The van der Waals surface area contributed by atoms with E-state index in [-0.39, 0.29) is 17.0 Å². The van der Waals surface area contributed by atoms with E-state index in [4.69, 9.17) is 4.74 Å². The average Bonchev–Trinajstić information content (AvgIpc) is 3.02. The molecule has 3 aliphatic rings. The van der Waals surface area contributed by atoms with Crippen molar-refractivity contribution in [2.45, 2.75) is 37.0 Å². The van der Waals surface area contributed by atoms with Crippen LogP contribution in [0.4, 0.5) is 0 Å². The number of aromatic nitrogens is 2. The van der Waals surface area contributed by atoms with E-state index in [1.807, 2.05) is 4.90 Å². The molecule has 0 spiro atoms. The number of carbonyl (C=O) groups is 1. The van der Waals surface area contributed by atoms with Gasteiger partial charge in [-0.3, -0.25) is 14.2 Å². The second kappa shape index (κ2) is 5.70. The van der Waals surface area contributed by atoms with Gasteiger partial charge in [0.2, 0.25) is 0 Å². The molecule has 3 heterocycles. The number of rotatable bonds is 4. The van der Waals surface area contributed by atoms with Crippen molar-refractivity contribution in [3.05, 3.63) is 22.1 Å². The lowest BCUT2D eigenvalue weighted by molar-refractivity contribution is 0.0703. The van der Waals surface area contributed by atoms with Crippen LogP contribution in [0.3, 0.4) is 0 Å². The Morgan fingerprint density at radius 1 is 1.45 bits per heavy atom. The maximum Gasteiger partial charge on any atom is 0.267 e. The minimum Gasteiger partial charge on any atom is -0.381 e. The lowest BCUT2D eigenvalue weighted by Crippen LogP contribution is -2.41. The number of thioether (sulfide) groups is 1. The van der Waals surface area contributed by atoms with Gasteiger partial charge in [0, 0.05) is 43.6 Å². The van der Waals surface area contributed by atoms with Crippen molar-refractivity contribution < 1.29 is 9.53 Å². The fraction of sp³-hybridized carbons (Fsp3) is 0.667. The Kier molecular flexibility index (Phi) is 3.69. The monoisotopic (exact) mass is 321 g/mol. The molecule has 0 aromatic carbocycles. The summed E-state index contributed by atoms with van der Waals surface area (Å²) in [5.74, 6) is 1.09. The first-order valence-corrected chi connectivity index (χ1v) is 8.84. The molecule has 0 bridgehead atoms. The Morgan fingerprint density at radius 2 is 2.32 bits per heavy atom. The SMILES string of the molecule is O=C(c1cnc2n(c1=O)CCS2)N(C[C@H]1CCOC1)C1CC1. The molecule has 0 radical (unpaired) electrons.